The molecule has 0 fully saturated rings. The van der Waals surface area contributed by atoms with Crippen LogP contribution >= 0.6 is 11.3 Å². The van der Waals surface area contributed by atoms with Gasteiger partial charge in [-0.3, -0.25) is 5.73 Å². The zero-order valence-electron chi connectivity index (χ0n) is 11.6. The van der Waals surface area contributed by atoms with E-state index in [0.717, 1.165) is 10.2 Å². The van der Waals surface area contributed by atoms with Gasteiger partial charge in [-0.1, -0.05) is 0 Å². The molecule has 108 valence electrons. The fraction of sp³-hybridized carbons (Fsp3) is 0.385. The average Bonchev–Trinajstić information content (AvgIpc) is 2.73. The fourth-order valence-corrected chi connectivity index (χ4v) is 2.87. The van der Waals surface area contributed by atoms with Crippen molar-refractivity contribution < 1.29 is 23.6 Å². The maximum absolute atomic E-state index is 11.6. The summed E-state index contributed by atoms with van der Waals surface area (Å²) in [5.41, 5.74) is 6.79. The molecule has 0 aliphatic rings. The number of hydrogen-bond donors (Lipinski definition) is 1. The molecule has 0 aliphatic heterocycles. The molecule has 1 aromatic heterocycles. The molecule has 2 rings (SSSR count). The average molecular weight is 297 g/mol. The molecule has 1 heterocycles. The van der Waals surface area contributed by atoms with E-state index in [4.69, 9.17) is 19.9 Å². The summed E-state index contributed by atoms with van der Waals surface area (Å²) in [7, 11) is 3.14. The van der Waals surface area contributed by atoms with Crippen molar-refractivity contribution in [3.05, 3.63) is 12.1 Å². The van der Waals surface area contributed by atoms with E-state index in [0.29, 0.717) is 23.2 Å². The molecule has 2 aromatic rings. The highest BCUT2D eigenvalue weighted by Gasteiger charge is 2.21. The van der Waals surface area contributed by atoms with Gasteiger partial charge >= 0.3 is 11.1 Å². The maximum atomic E-state index is 11.6. The second-order valence-electron chi connectivity index (χ2n) is 4.01. The third kappa shape index (κ3) is 2.62. The number of nitrogens with two attached hydrogens (primary N) is 1. The maximum Gasteiger partial charge on any atom is 0.348 e. The van der Waals surface area contributed by atoms with Gasteiger partial charge in [-0.25, -0.2) is 9.36 Å². The monoisotopic (exact) mass is 297 g/mol. The Labute approximate surface area is 120 Å². The van der Waals surface area contributed by atoms with Gasteiger partial charge in [-0.15, -0.1) is 0 Å². The van der Waals surface area contributed by atoms with Crippen LogP contribution in [-0.2, 0) is 16.1 Å². The molecule has 20 heavy (non-hydrogen) atoms. The van der Waals surface area contributed by atoms with E-state index in [1.807, 2.05) is 6.07 Å². The number of thiazole rings is 1. The van der Waals surface area contributed by atoms with Crippen molar-refractivity contribution in [1.29, 1.82) is 0 Å². The van der Waals surface area contributed by atoms with Gasteiger partial charge in [0.2, 0.25) is 0 Å². The Morgan fingerprint density at radius 2 is 1.95 bits per heavy atom. The normalized spacial score (nSPS) is 10.6. The molecule has 0 radical (unpaired) electrons. The number of anilines is 1. The molecule has 0 aliphatic carbocycles. The van der Waals surface area contributed by atoms with Crippen molar-refractivity contribution in [2.45, 2.75) is 13.5 Å². The summed E-state index contributed by atoms with van der Waals surface area (Å²) in [5, 5.41) is 0.531. The van der Waals surface area contributed by atoms with Crippen molar-refractivity contribution in [1.82, 2.24) is 0 Å². The standard InChI is InChI=1S/C13H16N2O4S/c1-4-19-12(16)7-15-8-5-9(17-2)10(18-3)6-11(8)20-13(15)14/h5-6,14H,4,7H2,1-3H3/p+1. The third-order valence-corrected chi connectivity index (χ3v) is 3.81. The van der Waals surface area contributed by atoms with Gasteiger partial charge in [0.1, 0.15) is 5.52 Å². The van der Waals surface area contributed by atoms with Gasteiger partial charge in [0.25, 0.3) is 0 Å². The number of carbonyl (C=O) groups is 1. The molecule has 7 heteroatoms. The molecular weight excluding hydrogens is 280 g/mol. The van der Waals surface area contributed by atoms with E-state index >= 15 is 0 Å². The van der Waals surface area contributed by atoms with Gasteiger partial charge in [0.05, 0.1) is 25.5 Å². The number of methoxy groups -OCH3 is 2. The lowest BCUT2D eigenvalue weighted by atomic mass is 10.3. The Morgan fingerprint density at radius 3 is 2.55 bits per heavy atom. The Bertz CT molecular complexity index is 639. The van der Waals surface area contributed by atoms with Gasteiger partial charge in [0.15, 0.2) is 18.0 Å². The van der Waals surface area contributed by atoms with Crippen molar-refractivity contribution in [2.75, 3.05) is 26.6 Å². The van der Waals surface area contributed by atoms with E-state index in [9.17, 15) is 4.79 Å². The predicted octanol–water partition coefficient (Wildman–Crippen LogP) is 1.35. The zero-order chi connectivity index (χ0) is 14.7. The summed E-state index contributed by atoms with van der Waals surface area (Å²) in [6, 6.07) is 3.65. The highest BCUT2D eigenvalue weighted by molar-refractivity contribution is 7.21. The van der Waals surface area contributed by atoms with Crippen LogP contribution < -0.4 is 19.8 Å². The number of rotatable bonds is 5. The van der Waals surface area contributed by atoms with Crippen LogP contribution in [0.25, 0.3) is 10.2 Å². The molecule has 2 N–H and O–H groups in total. The first-order valence-electron chi connectivity index (χ1n) is 6.10. The van der Waals surface area contributed by atoms with Gasteiger partial charge < -0.3 is 14.2 Å². The lowest BCUT2D eigenvalue weighted by Gasteiger charge is -2.07. The smallest absolute Gasteiger partial charge is 0.348 e. The Balaban J connectivity index is 2.49. The minimum Gasteiger partial charge on any atom is -0.493 e. The van der Waals surface area contributed by atoms with E-state index in [-0.39, 0.29) is 12.5 Å². The minimum absolute atomic E-state index is 0.0785. The largest absolute Gasteiger partial charge is 0.493 e. The molecule has 0 saturated carbocycles. The number of fused-ring (bicyclic) bond motifs is 1. The van der Waals surface area contributed by atoms with Crippen LogP contribution in [-0.4, -0.2) is 26.8 Å². The predicted molar refractivity (Wildman–Crippen MR) is 76.2 cm³/mol. The number of nitrogen functional groups attached to an aromatic ring is 1. The van der Waals surface area contributed by atoms with Crippen molar-refractivity contribution in [3.63, 3.8) is 0 Å². The first kappa shape index (κ1) is 14.4. The number of hydrogen-bond acceptors (Lipinski definition) is 6. The molecule has 6 nitrogen and oxygen atoms in total. The molecule has 0 unspecified atom stereocenters. The third-order valence-electron chi connectivity index (χ3n) is 2.83. The van der Waals surface area contributed by atoms with Crippen LogP contribution in [0.15, 0.2) is 12.1 Å². The van der Waals surface area contributed by atoms with Crippen LogP contribution in [0.4, 0.5) is 5.13 Å². The number of ether oxygens (including phenoxy) is 3. The first-order valence-corrected chi connectivity index (χ1v) is 6.91. The van der Waals surface area contributed by atoms with E-state index in [2.05, 4.69) is 0 Å². The van der Waals surface area contributed by atoms with E-state index in [1.54, 1.807) is 31.8 Å². The number of esters is 1. The van der Waals surface area contributed by atoms with Crippen molar-refractivity contribution >= 4 is 32.7 Å². The lowest BCUT2D eigenvalue weighted by Crippen LogP contribution is -2.39. The topological polar surface area (TPSA) is 74.7 Å². The molecule has 1 aromatic carbocycles. The number of carbonyl (C=O) groups excluding carboxylic acids is 1. The van der Waals surface area contributed by atoms with Crippen molar-refractivity contribution in [2.24, 2.45) is 0 Å². The summed E-state index contributed by atoms with van der Waals surface area (Å²) >= 11 is 1.38. The van der Waals surface area contributed by atoms with Crippen molar-refractivity contribution in [3.8, 4) is 11.5 Å². The Hall–Kier alpha value is -2.02. The van der Waals surface area contributed by atoms with Gasteiger partial charge in [-0.05, 0) is 18.3 Å². The lowest BCUT2D eigenvalue weighted by molar-refractivity contribution is -0.641. The zero-order valence-corrected chi connectivity index (χ0v) is 12.5. The van der Waals surface area contributed by atoms with Crippen LogP contribution in [0.1, 0.15) is 6.92 Å². The van der Waals surface area contributed by atoms with Gasteiger partial charge in [0, 0.05) is 12.1 Å². The van der Waals surface area contributed by atoms with Crippen LogP contribution in [0.5, 0.6) is 11.5 Å². The summed E-state index contributed by atoms with van der Waals surface area (Å²) in [6.07, 6.45) is 0. The Kier molecular flexibility index (Phi) is 4.29. The summed E-state index contributed by atoms with van der Waals surface area (Å²) in [4.78, 5) is 11.6. The second kappa shape index (κ2) is 5.96. The second-order valence-corrected chi connectivity index (χ2v) is 5.07. The number of nitrogens with zero attached hydrogens (tertiary/aromatic N) is 1. The van der Waals surface area contributed by atoms with Crippen LogP contribution in [0, 0.1) is 0 Å². The Morgan fingerprint density at radius 1 is 1.30 bits per heavy atom. The summed E-state index contributed by atoms with van der Waals surface area (Å²) < 4.78 is 18.1. The SMILES string of the molecule is CCOC(=O)C[n+]1c(N)sc2cc(OC)c(OC)cc21. The number of aromatic nitrogens is 1. The minimum atomic E-state index is -0.321. The molecule has 0 amide bonds. The number of benzene rings is 1. The molecule has 0 atom stereocenters. The first-order chi connectivity index (χ1) is 9.60. The van der Waals surface area contributed by atoms with Crippen LogP contribution in [0.2, 0.25) is 0 Å². The van der Waals surface area contributed by atoms with Gasteiger partial charge in [-0.2, -0.15) is 0 Å². The fourth-order valence-electron chi connectivity index (χ4n) is 1.93. The molecule has 0 saturated heterocycles. The summed E-state index contributed by atoms with van der Waals surface area (Å²) in [5.74, 6) is 0.902. The highest BCUT2D eigenvalue weighted by atomic mass is 32.1. The molecular formula is C13H17N2O4S+. The molecule has 0 bridgehead atoms. The van der Waals surface area contributed by atoms with E-state index < -0.39 is 0 Å². The molecule has 0 spiro atoms. The van der Waals surface area contributed by atoms with E-state index in [1.165, 1.54) is 11.3 Å². The van der Waals surface area contributed by atoms with Crippen LogP contribution in [0.3, 0.4) is 0 Å². The quantitative estimate of drug-likeness (QED) is 0.666. The highest BCUT2D eigenvalue weighted by Crippen LogP contribution is 2.34. The summed E-state index contributed by atoms with van der Waals surface area (Å²) in [6.45, 7) is 2.19.